The van der Waals surface area contributed by atoms with Gasteiger partial charge in [0.15, 0.2) is 5.96 Å². The maximum atomic E-state index is 5.72. The van der Waals surface area contributed by atoms with Crippen LogP contribution in [0.4, 0.5) is 0 Å². The normalized spacial score (nSPS) is 22.1. The summed E-state index contributed by atoms with van der Waals surface area (Å²) in [4.78, 5) is 4.24. The fourth-order valence-electron chi connectivity index (χ4n) is 2.46. The van der Waals surface area contributed by atoms with Gasteiger partial charge in [-0.1, -0.05) is 18.2 Å². The fraction of sp³-hybridized carbons (Fsp3) is 0.267. The molecule has 0 saturated carbocycles. The molecule has 0 amide bonds. The molecule has 0 radical (unpaired) electrons. The first-order valence-electron chi connectivity index (χ1n) is 6.27. The Morgan fingerprint density at radius 3 is 2.63 bits per heavy atom. The van der Waals surface area contributed by atoms with Gasteiger partial charge in [0.1, 0.15) is 5.75 Å². The summed E-state index contributed by atoms with van der Waals surface area (Å²) in [6, 6.07) is 12.5. The number of rotatable bonds is 2. The van der Waals surface area contributed by atoms with Gasteiger partial charge in [-0.25, -0.2) is 0 Å². The van der Waals surface area contributed by atoms with E-state index in [0.717, 1.165) is 5.75 Å². The summed E-state index contributed by atoms with van der Waals surface area (Å²) in [5, 5.41) is 5.59. The number of fused-ring (bicyclic) bond motifs is 1. The van der Waals surface area contributed by atoms with Gasteiger partial charge < -0.3 is 15.8 Å². The first-order chi connectivity index (χ1) is 9.10. The molecule has 1 aliphatic rings. The fourth-order valence-corrected chi connectivity index (χ4v) is 2.46. The van der Waals surface area contributed by atoms with Gasteiger partial charge in [0, 0.05) is 0 Å². The molecule has 0 fully saturated rings. The summed E-state index contributed by atoms with van der Waals surface area (Å²) in [6.45, 7) is 2.78. The predicted molar refractivity (Wildman–Crippen MR) is 77.5 cm³/mol. The molecule has 3 rings (SSSR count). The molecule has 2 aromatic carbocycles. The van der Waals surface area contributed by atoms with E-state index in [-0.39, 0.29) is 5.54 Å². The van der Waals surface area contributed by atoms with Crippen LogP contribution in [0.5, 0.6) is 5.75 Å². The van der Waals surface area contributed by atoms with Crippen LogP contribution in [0.3, 0.4) is 0 Å². The summed E-state index contributed by atoms with van der Waals surface area (Å²) in [5.74, 6) is 1.38. The Hall–Kier alpha value is -2.23. The van der Waals surface area contributed by atoms with Crippen molar-refractivity contribution in [3.63, 3.8) is 0 Å². The Bertz CT molecular complexity index is 665. The molecule has 0 saturated heterocycles. The molecule has 2 aromatic rings. The van der Waals surface area contributed by atoms with Crippen molar-refractivity contribution in [1.29, 1.82) is 0 Å². The van der Waals surface area contributed by atoms with Gasteiger partial charge in [-0.15, -0.1) is 0 Å². The second-order valence-corrected chi connectivity index (χ2v) is 5.09. The number of nitrogens with two attached hydrogens (primary N) is 1. The van der Waals surface area contributed by atoms with Crippen molar-refractivity contribution in [1.82, 2.24) is 5.32 Å². The van der Waals surface area contributed by atoms with Crippen molar-refractivity contribution >= 4 is 16.7 Å². The Labute approximate surface area is 112 Å². The molecular formula is C15H17N3O. The van der Waals surface area contributed by atoms with E-state index >= 15 is 0 Å². The highest BCUT2D eigenvalue weighted by atomic mass is 16.5. The zero-order chi connectivity index (χ0) is 13.5. The molecule has 0 bridgehead atoms. The molecule has 4 nitrogen and oxygen atoms in total. The van der Waals surface area contributed by atoms with Crippen LogP contribution in [0.2, 0.25) is 0 Å². The minimum Gasteiger partial charge on any atom is -0.497 e. The van der Waals surface area contributed by atoms with Gasteiger partial charge in [0.2, 0.25) is 0 Å². The lowest BCUT2D eigenvalue weighted by molar-refractivity contribution is 0.415. The Kier molecular flexibility index (Phi) is 2.59. The topological polar surface area (TPSA) is 59.6 Å². The van der Waals surface area contributed by atoms with Crippen LogP contribution in [-0.4, -0.2) is 19.6 Å². The van der Waals surface area contributed by atoms with Crippen LogP contribution < -0.4 is 15.8 Å². The highest BCUT2D eigenvalue weighted by Crippen LogP contribution is 2.29. The van der Waals surface area contributed by atoms with Gasteiger partial charge in [-0.3, -0.25) is 4.99 Å². The van der Waals surface area contributed by atoms with E-state index in [1.807, 2.05) is 12.1 Å². The standard InChI is InChI=1S/C15H17N3O/c1-15(9-17-14(16)18-15)12-5-3-11-8-13(19-2)6-4-10(11)7-12/h3-8H,9H2,1-2H3,(H3,16,17,18). The summed E-state index contributed by atoms with van der Waals surface area (Å²) >= 11 is 0. The lowest BCUT2D eigenvalue weighted by Gasteiger charge is -2.25. The number of nitrogens with zero attached hydrogens (tertiary/aromatic N) is 1. The number of benzene rings is 2. The highest BCUT2D eigenvalue weighted by Gasteiger charge is 2.31. The van der Waals surface area contributed by atoms with E-state index in [4.69, 9.17) is 10.5 Å². The van der Waals surface area contributed by atoms with Crippen molar-refractivity contribution in [3.05, 3.63) is 42.0 Å². The van der Waals surface area contributed by atoms with Gasteiger partial charge >= 0.3 is 0 Å². The molecule has 1 aliphatic heterocycles. The zero-order valence-electron chi connectivity index (χ0n) is 11.1. The smallest absolute Gasteiger partial charge is 0.189 e. The van der Waals surface area contributed by atoms with Crippen LogP contribution in [0, 0.1) is 0 Å². The number of ether oxygens (including phenoxy) is 1. The molecule has 0 spiro atoms. The van der Waals surface area contributed by atoms with Gasteiger partial charge in [-0.2, -0.15) is 0 Å². The van der Waals surface area contributed by atoms with Gasteiger partial charge in [0.05, 0.1) is 19.2 Å². The maximum Gasteiger partial charge on any atom is 0.189 e. The van der Waals surface area contributed by atoms with Crippen LogP contribution in [-0.2, 0) is 5.54 Å². The van der Waals surface area contributed by atoms with Gasteiger partial charge in [-0.05, 0) is 41.5 Å². The zero-order valence-corrected chi connectivity index (χ0v) is 11.1. The van der Waals surface area contributed by atoms with Crippen molar-refractivity contribution in [2.75, 3.05) is 13.7 Å². The molecule has 19 heavy (non-hydrogen) atoms. The third kappa shape index (κ3) is 1.99. The number of guanidine groups is 1. The quantitative estimate of drug-likeness (QED) is 0.862. The van der Waals surface area contributed by atoms with Crippen LogP contribution in [0.15, 0.2) is 41.4 Å². The molecule has 1 unspecified atom stereocenters. The highest BCUT2D eigenvalue weighted by molar-refractivity contribution is 5.86. The number of aliphatic imine (C=N–C) groups is 1. The molecule has 98 valence electrons. The lowest BCUT2D eigenvalue weighted by Crippen LogP contribution is -2.42. The molecule has 0 aliphatic carbocycles. The summed E-state index contributed by atoms with van der Waals surface area (Å²) in [7, 11) is 1.68. The van der Waals surface area contributed by atoms with E-state index in [1.165, 1.54) is 16.3 Å². The van der Waals surface area contributed by atoms with Crippen LogP contribution in [0.25, 0.3) is 10.8 Å². The second kappa shape index (κ2) is 4.16. The monoisotopic (exact) mass is 255 g/mol. The largest absolute Gasteiger partial charge is 0.497 e. The van der Waals surface area contributed by atoms with Crippen molar-refractivity contribution in [2.24, 2.45) is 10.7 Å². The van der Waals surface area contributed by atoms with E-state index < -0.39 is 0 Å². The number of hydrogen-bond acceptors (Lipinski definition) is 4. The molecule has 1 atom stereocenters. The average molecular weight is 255 g/mol. The summed E-state index contributed by atoms with van der Waals surface area (Å²) in [5.41, 5.74) is 6.70. The molecule has 4 heteroatoms. The lowest BCUT2D eigenvalue weighted by atomic mass is 9.91. The first kappa shape index (κ1) is 11.8. The van der Waals surface area contributed by atoms with E-state index in [1.54, 1.807) is 7.11 Å². The van der Waals surface area contributed by atoms with Crippen LogP contribution >= 0.6 is 0 Å². The van der Waals surface area contributed by atoms with E-state index in [2.05, 4.69) is 41.5 Å². The molecular weight excluding hydrogens is 238 g/mol. The predicted octanol–water partition coefficient (Wildman–Crippen LogP) is 1.98. The SMILES string of the molecule is COc1ccc2cc(C3(C)CN=C(N)N3)ccc2c1. The number of nitrogens with one attached hydrogen (secondary N) is 1. The molecule has 1 heterocycles. The van der Waals surface area contributed by atoms with E-state index in [0.29, 0.717) is 12.5 Å². The first-order valence-corrected chi connectivity index (χ1v) is 6.27. The Morgan fingerprint density at radius 2 is 1.95 bits per heavy atom. The minimum absolute atomic E-state index is 0.210. The summed E-state index contributed by atoms with van der Waals surface area (Å²) < 4.78 is 5.24. The molecule has 3 N–H and O–H groups in total. The minimum atomic E-state index is -0.210. The number of methoxy groups -OCH3 is 1. The van der Waals surface area contributed by atoms with Crippen molar-refractivity contribution in [2.45, 2.75) is 12.5 Å². The average Bonchev–Trinajstić information content (AvgIpc) is 2.78. The third-order valence-corrected chi connectivity index (χ3v) is 3.65. The maximum absolute atomic E-state index is 5.72. The summed E-state index contributed by atoms with van der Waals surface area (Å²) in [6.07, 6.45) is 0. The molecule has 0 aromatic heterocycles. The second-order valence-electron chi connectivity index (χ2n) is 5.09. The third-order valence-electron chi connectivity index (χ3n) is 3.65. The van der Waals surface area contributed by atoms with Crippen molar-refractivity contribution < 1.29 is 4.74 Å². The Morgan fingerprint density at radius 1 is 1.21 bits per heavy atom. The van der Waals surface area contributed by atoms with Crippen molar-refractivity contribution in [3.8, 4) is 5.75 Å². The van der Waals surface area contributed by atoms with E-state index in [9.17, 15) is 0 Å². The van der Waals surface area contributed by atoms with Crippen LogP contribution in [0.1, 0.15) is 12.5 Å². The van der Waals surface area contributed by atoms with Gasteiger partial charge in [0.25, 0.3) is 0 Å². The number of hydrogen-bond donors (Lipinski definition) is 2. The Balaban J connectivity index is 2.03.